The third-order valence-electron chi connectivity index (χ3n) is 11.4. The van der Waals surface area contributed by atoms with Crippen molar-refractivity contribution < 1.29 is 4.42 Å². The van der Waals surface area contributed by atoms with E-state index in [1.54, 1.807) is 0 Å². The summed E-state index contributed by atoms with van der Waals surface area (Å²) in [4.78, 5) is 15.6. The van der Waals surface area contributed by atoms with E-state index < -0.39 is 0 Å². The first-order valence-corrected chi connectivity index (χ1v) is 20.1. The molecule has 0 spiro atoms. The molecule has 4 aromatic heterocycles. The Morgan fingerprint density at radius 3 is 1.86 bits per heavy atom. The molecule has 0 fully saturated rings. The summed E-state index contributed by atoms with van der Waals surface area (Å²) in [7, 11) is 0. The molecule has 5 nitrogen and oxygen atoms in total. The highest BCUT2D eigenvalue weighted by Crippen LogP contribution is 2.48. The molecular formula is C51H32N4OS. The van der Waals surface area contributed by atoms with Gasteiger partial charge in [0.2, 0.25) is 0 Å². The van der Waals surface area contributed by atoms with Gasteiger partial charge in [-0.3, -0.25) is 0 Å². The number of rotatable bonds is 5. The van der Waals surface area contributed by atoms with Gasteiger partial charge in [-0.05, 0) is 60.5 Å². The van der Waals surface area contributed by atoms with Gasteiger partial charge < -0.3 is 8.98 Å². The molecule has 0 amide bonds. The van der Waals surface area contributed by atoms with E-state index in [1.165, 1.54) is 30.9 Å². The predicted octanol–water partition coefficient (Wildman–Crippen LogP) is 13.6. The van der Waals surface area contributed by atoms with Gasteiger partial charge in [-0.25, -0.2) is 15.0 Å². The number of nitrogens with zero attached hydrogens (tertiary/aromatic N) is 4. The van der Waals surface area contributed by atoms with Crippen LogP contribution in [0.4, 0.5) is 0 Å². The van der Waals surface area contributed by atoms with Crippen molar-refractivity contribution >= 4 is 70.4 Å². The van der Waals surface area contributed by atoms with Crippen LogP contribution in [0.25, 0.3) is 98.6 Å². The zero-order valence-corrected chi connectivity index (χ0v) is 31.4. The Morgan fingerprint density at radius 1 is 0.544 bits per heavy atom. The third-order valence-corrected chi connectivity index (χ3v) is 12.6. The Labute approximate surface area is 331 Å². The summed E-state index contributed by atoms with van der Waals surface area (Å²) in [5.41, 5.74) is 9.39. The van der Waals surface area contributed by atoms with Crippen LogP contribution in [0.15, 0.2) is 174 Å². The van der Waals surface area contributed by atoms with Gasteiger partial charge in [0.05, 0.1) is 22.6 Å². The molecule has 12 rings (SSSR count). The number of hydrogen-bond donors (Lipinski definition) is 0. The van der Waals surface area contributed by atoms with Crippen LogP contribution in [0, 0.1) is 0 Å². The summed E-state index contributed by atoms with van der Waals surface area (Å²) < 4.78 is 12.1. The molecule has 7 aromatic carbocycles. The predicted molar refractivity (Wildman–Crippen MR) is 235 cm³/mol. The lowest BCUT2D eigenvalue weighted by atomic mass is 9.87. The number of benzene rings is 7. The molecule has 1 unspecified atom stereocenters. The van der Waals surface area contributed by atoms with Gasteiger partial charge in [0.25, 0.3) is 0 Å². The first kappa shape index (κ1) is 32.1. The molecule has 1 atom stereocenters. The fourth-order valence-electron chi connectivity index (χ4n) is 8.83. The van der Waals surface area contributed by atoms with Crippen LogP contribution in [0.1, 0.15) is 29.5 Å². The quantitative estimate of drug-likeness (QED) is 0.176. The first-order chi connectivity index (χ1) is 28.3. The maximum Gasteiger partial charge on any atom is 0.163 e. The molecule has 0 radical (unpaired) electrons. The summed E-state index contributed by atoms with van der Waals surface area (Å²) in [6.07, 6.45) is 5.06. The smallest absolute Gasteiger partial charge is 0.163 e. The molecule has 4 heterocycles. The van der Waals surface area contributed by atoms with Gasteiger partial charge in [0.1, 0.15) is 17.2 Å². The second-order valence-electron chi connectivity index (χ2n) is 14.7. The van der Waals surface area contributed by atoms with Gasteiger partial charge in [0.15, 0.2) is 11.6 Å². The highest BCUT2D eigenvalue weighted by molar-refractivity contribution is 7.25. The average Bonchev–Trinajstić information content (AvgIpc) is 3.96. The largest absolute Gasteiger partial charge is 0.456 e. The number of fused-ring (bicyclic) bond motifs is 9. The Hall–Kier alpha value is -7.15. The zero-order chi connectivity index (χ0) is 37.5. The molecule has 0 aliphatic heterocycles. The molecule has 57 heavy (non-hydrogen) atoms. The van der Waals surface area contributed by atoms with Crippen molar-refractivity contribution in [3.8, 4) is 39.6 Å². The number of para-hydroxylation sites is 2. The van der Waals surface area contributed by atoms with Gasteiger partial charge in [-0.2, -0.15) is 0 Å². The van der Waals surface area contributed by atoms with E-state index >= 15 is 0 Å². The minimum Gasteiger partial charge on any atom is -0.456 e. The topological polar surface area (TPSA) is 56.7 Å². The molecule has 0 saturated carbocycles. The highest BCUT2D eigenvalue weighted by atomic mass is 32.1. The first-order valence-electron chi connectivity index (χ1n) is 19.3. The minimum absolute atomic E-state index is 0.190. The van der Waals surface area contributed by atoms with Crippen molar-refractivity contribution in [3.63, 3.8) is 0 Å². The van der Waals surface area contributed by atoms with Gasteiger partial charge in [-0.15, -0.1) is 11.3 Å². The highest BCUT2D eigenvalue weighted by Gasteiger charge is 2.32. The summed E-state index contributed by atoms with van der Waals surface area (Å²) in [5.74, 6) is 2.68. The molecular weight excluding hydrogens is 717 g/mol. The van der Waals surface area contributed by atoms with Gasteiger partial charge in [-0.1, -0.05) is 127 Å². The van der Waals surface area contributed by atoms with Crippen molar-refractivity contribution in [2.75, 3.05) is 0 Å². The van der Waals surface area contributed by atoms with Crippen LogP contribution in [0.5, 0.6) is 0 Å². The third kappa shape index (κ3) is 5.04. The summed E-state index contributed by atoms with van der Waals surface area (Å²) >= 11 is 1.84. The van der Waals surface area contributed by atoms with Crippen molar-refractivity contribution in [2.45, 2.75) is 12.3 Å². The minimum atomic E-state index is -0.190. The maximum absolute atomic E-state index is 7.13. The number of furan rings is 1. The maximum atomic E-state index is 7.13. The summed E-state index contributed by atoms with van der Waals surface area (Å²) in [6, 6.07) is 57.8. The lowest BCUT2D eigenvalue weighted by molar-refractivity contribution is 0.587. The second kappa shape index (κ2) is 12.7. The Kier molecular flexibility index (Phi) is 7.16. The van der Waals surface area contributed by atoms with E-state index in [0.29, 0.717) is 11.6 Å². The lowest BCUT2D eigenvalue weighted by Crippen LogP contribution is -2.12. The number of allylic oxidation sites excluding steroid dienone is 1. The van der Waals surface area contributed by atoms with E-state index in [2.05, 4.69) is 144 Å². The van der Waals surface area contributed by atoms with E-state index in [-0.39, 0.29) is 5.92 Å². The van der Waals surface area contributed by atoms with Crippen LogP contribution in [-0.4, -0.2) is 19.5 Å². The molecule has 11 aromatic rings. The molecule has 0 N–H and O–H groups in total. The van der Waals surface area contributed by atoms with Gasteiger partial charge >= 0.3 is 0 Å². The van der Waals surface area contributed by atoms with Crippen LogP contribution in [-0.2, 0) is 0 Å². The molecule has 1 aliphatic carbocycles. The second-order valence-corrected chi connectivity index (χ2v) is 15.7. The van der Waals surface area contributed by atoms with Crippen molar-refractivity contribution in [2.24, 2.45) is 0 Å². The molecule has 1 aliphatic rings. The fourth-order valence-corrected chi connectivity index (χ4v) is 9.92. The summed E-state index contributed by atoms with van der Waals surface area (Å²) in [5, 5.41) is 6.03. The van der Waals surface area contributed by atoms with Gasteiger partial charge in [0, 0.05) is 58.6 Å². The van der Waals surface area contributed by atoms with E-state index in [1.807, 2.05) is 47.7 Å². The van der Waals surface area contributed by atoms with E-state index in [0.717, 1.165) is 73.5 Å². The van der Waals surface area contributed by atoms with E-state index in [9.17, 15) is 0 Å². The standard InChI is InChI=1S/C51H32N4OS/c1-3-14-31(15-4-1)49-52-50(32-16-5-2-6-17-32)54-51(53-49)38-21-13-24-43-46(38)47-42(55-40-22-10-7-18-35(40)36-19-8-11-23-41(36)55)28-27-34(48(47)56-43)33-26-29-45-39(30-33)37-20-9-12-25-44(37)57-45/h1-20,22-30,38H,21H2. The average molecular weight is 749 g/mol. The van der Waals surface area contributed by atoms with Crippen LogP contribution in [0.2, 0.25) is 0 Å². The fraction of sp³-hybridized carbons (Fsp3) is 0.0392. The molecule has 0 bridgehead atoms. The van der Waals surface area contributed by atoms with Crippen molar-refractivity contribution in [1.82, 2.24) is 19.5 Å². The zero-order valence-electron chi connectivity index (χ0n) is 30.6. The summed E-state index contributed by atoms with van der Waals surface area (Å²) in [6.45, 7) is 0. The molecule has 268 valence electrons. The van der Waals surface area contributed by atoms with Crippen molar-refractivity contribution in [1.29, 1.82) is 0 Å². The van der Waals surface area contributed by atoms with Crippen molar-refractivity contribution in [3.05, 3.63) is 187 Å². The number of hydrogen-bond acceptors (Lipinski definition) is 5. The van der Waals surface area contributed by atoms with Crippen LogP contribution < -0.4 is 0 Å². The monoisotopic (exact) mass is 748 g/mol. The molecule has 6 heteroatoms. The number of thiophene rings is 1. The Morgan fingerprint density at radius 2 is 1.16 bits per heavy atom. The Bertz CT molecular complexity index is 3280. The Balaban J connectivity index is 1.16. The van der Waals surface area contributed by atoms with Crippen LogP contribution >= 0.6 is 11.3 Å². The van der Waals surface area contributed by atoms with Crippen LogP contribution in [0.3, 0.4) is 0 Å². The molecule has 0 saturated heterocycles. The lowest BCUT2D eigenvalue weighted by Gasteiger charge is -2.20. The van der Waals surface area contributed by atoms with E-state index in [4.69, 9.17) is 19.4 Å². The number of aromatic nitrogens is 4. The SMILES string of the molecule is C1=Cc2oc3c(-c4ccc5sc6ccccc6c5c4)ccc(-n4c5ccccc5c5ccccc54)c3c2C(c2nc(-c3ccccc3)nc(-c3ccccc3)n2)C1. The normalized spacial score (nSPS) is 14.0.